The van der Waals surface area contributed by atoms with Gasteiger partial charge in [0.1, 0.15) is 0 Å². The van der Waals surface area contributed by atoms with E-state index in [-0.39, 0.29) is 30.5 Å². The van der Waals surface area contributed by atoms with Crippen molar-refractivity contribution in [3.8, 4) is 0 Å². The lowest BCUT2D eigenvalue weighted by atomic mass is 10.1. The number of halogens is 1. The third-order valence-electron chi connectivity index (χ3n) is 3.11. The largest absolute Gasteiger partial charge is 0.399 e. The predicted octanol–water partition coefficient (Wildman–Crippen LogP) is 1.87. The van der Waals surface area contributed by atoms with Gasteiger partial charge in [-0.05, 0) is 31.5 Å². The van der Waals surface area contributed by atoms with Crippen LogP contribution >= 0.6 is 12.4 Å². The van der Waals surface area contributed by atoms with E-state index in [1.54, 1.807) is 0 Å². The summed E-state index contributed by atoms with van der Waals surface area (Å²) >= 11 is 0. The molecule has 4 nitrogen and oxygen atoms in total. The molecule has 1 amide bonds. The second-order valence-electron chi connectivity index (χ2n) is 4.97. The van der Waals surface area contributed by atoms with Crippen molar-refractivity contribution in [3.05, 3.63) is 29.8 Å². The standard InChI is InChI=1S/C14H20N2O2.ClH/c1-10-8-16(9-11(2)18-10)14(17)7-12-3-5-13(15)6-4-12;/h3-6,10-11H,7-9,15H2,1-2H3;1H/t10-,11+;. The minimum absolute atomic E-state index is 0. The summed E-state index contributed by atoms with van der Waals surface area (Å²) in [6.45, 7) is 5.36. The van der Waals surface area contributed by atoms with Gasteiger partial charge >= 0.3 is 0 Å². The highest BCUT2D eigenvalue weighted by Gasteiger charge is 2.25. The fourth-order valence-corrected chi connectivity index (χ4v) is 2.30. The maximum Gasteiger partial charge on any atom is 0.227 e. The zero-order valence-corrected chi connectivity index (χ0v) is 12.2. The number of anilines is 1. The second-order valence-corrected chi connectivity index (χ2v) is 4.97. The number of ether oxygens (including phenoxy) is 1. The lowest BCUT2D eigenvalue weighted by Gasteiger charge is -2.35. The van der Waals surface area contributed by atoms with Gasteiger partial charge in [0.2, 0.25) is 5.91 Å². The van der Waals surface area contributed by atoms with Crippen molar-refractivity contribution >= 4 is 24.0 Å². The Morgan fingerprint density at radius 1 is 1.26 bits per heavy atom. The van der Waals surface area contributed by atoms with Gasteiger partial charge in [-0.25, -0.2) is 0 Å². The Kier molecular flexibility index (Phi) is 5.63. The predicted molar refractivity (Wildman–Crippen MR) is 78.4 cm³/mol. The Bertz CT molecular complexity index is 412. The maximum atomic E-state index is 12.2. The minimum atomic E-state index is 0. The van der Waals surface area contributed by atoms with E-state index in [4.69, 9.17) is 10.5 Å². The molecule has 1 aliphatic heterocycles. The van der Waals surface area contributed by atoms with E-state index in [1.807, 2.05) is 43.0 Å². The van der Waals surface area contributed by atoms with E-state index in [1.165, 1.54) is 0 Å². The molecule has 2 rings (SSSR count). The van der Waals surface area contributed by atoms with E-state index < -0.39 is 0 Å². The third kappa shape index (κ3) is 4.40. The number of morpholine rings is 1. The average Bonchev–Trinajstić information content (AvgIpc) is 2.31. The number of nitrogen functional groups attached to an aromatic ring is 1. The van der Waals surface area contributed by atoms with Crippen LogP contribution < -0.4 is 5.73 Å². The smallest absolute Gasteiger partial charge is 0.227 e. The van der Waals surface area contributed by atoms with Crippen molar-refractivity contribution in [3.63, 3.8) is 0 Å². The summed E-state index contributed by atoms with van der Waals surface area (Å²) in [6, 6.07) is 7.46. The molecule has 2 N–H and O–H groups in total. The third-order valence-corrected chi connectivity index (χ3v) is 3.11. The molecule has 0 aromatic heterocycles. The van der Waals surface area contributed by atoms with Crippen molar-refractivity contribution < 1.29 is 9.53 Å². The number of carbonyl (C=O) groups excluding carboxylic acids is 1. The summed E-state index contributed by atoms with van der Waals surface area (Å²) < 4.78 is 5.62. The van der Waals surface area contributed by atoms with Crippen molar-refractivity contribution in [2.24, 2.45) is 0 Å². The number of hydrogen-bond donors (Lipinski definition) is 1. The van der Waals surface area contributed by atoms with Crippen molar-refractivity contribution in [1.29, 1.82) is 0 Å². The van der Waals surface area contributed by atoms with Crippen LogP contribution in [0.3, 0.4) is 0 Å². The van der Waals surface area contributed by atoms with Crippen LogP contribution in [0.5, 0.6) is 0 Å². The summed E-state index contributed by atoms with van der Waals surface area (Å²) in [5, 5.41) is 0. The van der Waals surface area contributed by atoms with Crippen LogP contribution in [-0.2, 0) is 16.0 Å². The molecule has 0 aliphatic carbocycles. The summed E-state index contributed by atoms with van der Waals surface area (Å²) in [4.78, 5) is 14.1. The van der Waals surface area contributed by atoms with Gasteiger partial charge in [0, 0.05) is 18.8 Å². The first-order valence-electron chi connectivity index (χ1n) is 6.32. The molecular weight excluding hydrogens is 264 g/mol. The van der Waals surface area contributed by atoms with E-state index >= 15 is 0 Å². The number of amides is 1. The molecule has 2 atom stereocenters. The van der Waals surface area contributed by atoms with E-state index in [2.05, 4.69) is 0 Å². The summed E-state index contributed by atoms with van der Waals surface area (Å²) in [5.41, 5.74) is 7.35. The van der Waals surface area contributed by atoms with E-state index in [0.717, 1.165) is 11.3 Å². The molecule has 0 spiro atoms. The Labute approximate surface area is 120 Å². The van der Waals surface area contributed by atoms with Gasteiger partial charge in [0.25, 0.3) is 0 Å². The van der Waals surface area contributed by atoms with Crippen molar-refractivity contribution in [1.82, 2.24) is 4.90 Å². The monoisotopic (exact) mass is 284 g/mol. The Morgan fingerprint density at radius 3 is 2.32 bits per heavy atom. The topological polar surface area (TPSA) is 55.6 Å². The highest BCUT2D eigenvalue weighted by Crippen LogP contribution is 2.13. The van der Waals surface area contributed by atoms with Crippen LogP contribution in [0.25, 0.3) is 0 Å². The van der Waals surface area contributed by atoms with Gasteiger partial charge in [0.15, 0.2) is 0 Å². The van der Waals surface area contributed by atoms with Gasteiger partial charge in [-0.1, -0.05) is 12.1 Å². The number of nitrogens with zero attached hydrogens (tertiary/aromatic N) is 1. The molecule has 1 heterocycles. The summed E-state index contributed by atoms with van der Waals surface area (Å²) in [5.74, 6) is 0.154. The molecule has 19 heavy (non-hydrogen) atoms. The zero-order valence-electron chi connectivity index (χ0n) is 11.3. The van der Waals surface area contributed by atoms with Gasteiger partial charge in [-0.3, -0.25) is 4.79 Å². The highest BCUT2D eigenvalue weighted by molar-refractivity contribution is 5.85. The first kappa shape index (κ1) is 15.8. The molecule has 106 valence electrons. The first-order chi connectivity index (χ1) is 8.54. The highest BCUT2D eigenvalue weighted by atomic mass is 35.5. The van der Waals surface area contributed by atoms with Gasteiger partial charge in [-0.2, -0.15) is 0 Å². The van der Waals surface area contributed by atoms with Crippen LogP contribution in [0.15, 0.2) is 24.3 Å². The number of rotatable bonds is 2. The first-order valence-corrected chi connectivity index (χ1v) is 6.32. The molecule has 0 bridgehead atoms. The van der Waals surface area contributed by atoms with Crippen molar-refractivity contribution in [2.45, 2.75) is 32.5 Å². The Hall–Kier alpha value is -1.26. The van der Waals surface area contributed by atoms with Crippen LogP contribution in [0, 0.1) is 0 Å². The fraction of sp³-hybridized carbons (Fsp3) is 0.500. The number of benzene rings is 1. The molecule has 0 unspecified atom stereocenters. The van der Waals surface area contributed by atoms with Gasteiger partial charge in [0.05, 0.1) is 18.6 Å². The van der Waals surface area contributed by atoms with Crippen LogP contribution in [0.1, 0.15) is 19.4 Å². The Balaban J connectivity index is 0.00000180. The molecular formula is C14H21ClN2O2. The number of hydrogen-bond acceptors (Lipinski definition) is 3. The lowest BCUT2D eigenvalue weighted by molar-refractivity contribution is -0.142. The van der Waals surface area contributed by atoms with Crippen LogP contribution in [-0.4, -0.2) is 36.1 Å². The zero-order chi connectivity index (χ0) is 13.1. The molecule has 0 saturated carbocycles. The molecule has 0 radical (unpaired) electrons. The molecule has 1 saturated heterocycles. The quantitative estimate of drug-likeness (QED) is 0.844. The van der Waals surface area contributed by atoms with Gasteiger partial charge < -0.3 is 15.4 Å². The maximum absolute atomic E-state index is 12.2. The number of nitrogens with two attached hydrogens (primary N) is 1. The summed E-state index contributed by atoms with van der Waals surface area (Å²) in [6.07, 6.45) is 0.660. The molecule has 1 fully saturated rings. The molecule has 1 aromatic rings. The second kappa shape index (κ2) is 6.78. The van der Waals surface area contributed by atoms with Gasteiger partial charge in [-0.15, -0.1) is 12.4 Å². The average molecular weight is 285 g/mol. The van der Waals surface area contributed by atoms with E-state index in [9.17, 15) is 4.79 Å². The molecule has 1 aromatic carbocycles. The fourth-order valence-electron chi connectivity index (χ4n) is 2.30. The van der Waals surface area contributed by atoms with Crippen LogP contribution in [0.4, 0.5) is 5.69 Å². The van der Waals surface area contributed by atoms with E-state index in [0.29, 0.717) is 19.5 Å². The normalized spacial score (nSPS) is 22.7. The number of carbonyl (C=O) groups is 1. The minimum Gasteiger partial charge on any atom is -0.399 e. The molecule has 5 heteroatoms. The Morgan fingerprint density at radius 2 is 1.79 bits per heavy atom. The lowest BCUT2D eigenvalue weighted by Crippen LogP contribution is -2.48. The van der Waals surface area contributed by atoms with Crippen molar-refractivity contribution in [2.75, 3.05) is 18.8 Å². The SMILES string of the molecule is C[C@@H]1CN(C(=O)Cc2ccc(N)cc2)C[C@H](C)O1.Cl. The molecule has 1 aliphatic rings. The summed E-state index contributed by atoms with van der Waals surface area (Å²) in [7, 11) is 0. The van der Waals surface area contributed by atoms with Crippen LogP contribution in [0.2, 0.25) is 0 Å².